The predicted octanol–water partition coefficient (Wildman–Crippen LogP) is 1.91. The Labute approximate surface area is 144 Å². The van der Waals surface area contributed by atoms with Crippen molar-refractivity contribution in [3.63, 3.8) is 0 Å². The molecule has 3 heterocycles. The minimum Gasteiger partial charge on any atom is -0.379 e. The second-order valence-electron chi connectivity index (χ2n) is 6.66. The predicted molar refractivity (Wildman–Crippen MR) is 87.3 cm³/mol. The quantitative estimate of drug-likeness (QED) is 0.884. The number of hydrogen-bond acceptors (Lipinski definition) is 7. The number of hydrogen-bond donors (Lipinski definition) is 1. The fraction of sp³-hybridized carbons (Fsp3) is 0.600. The lowest BCUT2D eigenvalue weighted by Crippen LogP contribution is -2.34. The van der Waals surface area contributed by atoms with Gasteiger partial charge >= 0.3 is 0 Å². The second kappa shape index (κ2) is 5.35. The molecule has 4 rings (SSSR count). The molecule has 1 aliphatic heterocycles. The highest BCUT2D eigenvalue weighted by molar-refractivity contribution is 7.91. The molecule has 2 aromatic rings. The van der Waals surface area contributed by atoms with Crippen molar-refractivity contribution < 1.29 is 18.0 Å². The molecule has 1 aliphatic carbocycles. The van der Waals surface area contributed by atoms with Gasteiger partial charge in [-0.3, -0.25) is 0 Å². The Morgan fingerprint density at radius 2 is 2.17 bits per heavy atom. The number of nitrogens with zero attached hydrogens (tertiary/aromatic N) is 3. The van der Waals surface area contributed by atoms with Crippen molar-refractivity contribution in [2.75, 3.05) is 13.1 Å². The molecule has 1 N–H and O–H groups in total. The summed E-state index contributed by atoms with van der Waals surface area (Å²) in [7, 11) is -3.61. The average Bonchev–Trinajstić information content (AvgIpc) is 2.95. The van der Waals surface area contributed by atoms with Gasteiger partial charge < -0.3 is 9.63 Å². The first kappa shape index (κ1) is 16.2. The first-order valence-corrected chi connectivity index (χ1v) is 10.2. The van der Waals surface area contributed by atoms with Crippen LogP contribution in [0.2, 0.25) is 0 Å². The molecule has 24 heavy (non-hydrogen) atoms. The van der Waals surface area contributed by atoms with Gasteiger partial charge in [0.2, 0.25) is 0 Å². The fourth-order valence-corrected chi connectivity index (χ4v) is 6.03. The van der Waals surface area contributed by atoms with Gasteiger partial charge in [0.05, 0.1) is 6.54 Å². The zero-order valence-corrected chi connectivity index (χ0v) is 15.2. The average molecular weight is 369 g/mol. The van der Waals surface area contributed by atoms with E-state index in [1.165, 1.54) is 15.6 Å². The molecular weight excluding hydrogens is 350 g/mol. The van der Waals surface area contributed by atoms with E-state index in [1.807, 2.05) is 13.8 Å². The number of aryl methyl sites for hydroxylation is 2. The first-order valence-electron chi connectivity index (χ1n) is 7.93. The van der Waals surface area contributed by atoms with Crippen LogP contribution in [0.25, 0.3) is 0 Å². The van der Waals surface area contributed by atoms with Crippen LogP contribution in [0.5, 0.6) is 0 Å². The highest BCUT2D eigenvalue weighted by Gasteiger charge is 2.47. The van der Waals surface area contributed by atoms with E-state index in [9.17, 15) is 13.5 Å². The number of thiophene rings is 1. The maximum atomic E-state index is 12.8. The minimum atomic E-state index is -3.61. The molecule has 0 radical (unpaired) electrons. The molecule has 0 amide bonds. The summed E-state index contributed by atoms with van der Waals surface area (Å²) < 4.78 is 32.4. The Kier molecular flexibility index (Phi) is 3.61. The van der Waals surface area contributed by atoms with E-state index in [0.29, 0.717) is 16.0 Å². The molecule has 7 nitrogen and oxygen atoms in total. The third kappa shape index (κ3) is 2.59. The molecule has 1 saturated heterocycles. The van der Waals surface area contributed by atoms with E-state index in [-0.39, 0.29) is 25.4 Å². The van der Waals surface area contributed by atoms with Gasteiger partial charge in [0.15, 0.2) is 11.4 Å². The van der Waals surface area contributed by atoms with Gasteiger partial charge in [-0.05, 0) is 38.3 Å². The minimum absolute atomic E-state index is 0.0579. The number of rotatable bonds is 4. The molecule has 1 atom stereocenters. The van der Waals surface area contributed by atoms with Gasteiger partial charge in [-0.25, -0.2) is 8.42 Å². The third-order valence-electron chi connectivity index (χ3n) is 4.73. The lowest BCUT2D eigenvalue weighted by atomic mass is 10.0. The van der Waals surface area contributed by atoms with Crippen LogP contribution in [-0.4, -0.2) is 41.1 Å². The Hall–Kier alpha value is -1.29. The van der Waals surface area contributed by atoms with Gasteiger partial charge in [-0.1, -0.05) is 5.16 Å². The van der Waals surface area contributed by atoms with Crippen molar-refractivity contribution in [3.8, 4) is 0 Å². The molecule has 0 spiro atoms. The first-order chi connectivity index (χ1) is 11.3. The monoisotopic (exact) mass is 369 g/mol. The number of aromatic nitrogens is 2. The lowest BCUT2D eigenvalue weighted by molar-refractivity contribution is 0.0194. The summed E-state index contributed by atoms with van der Waals surface area (Å²) in [6, 6.07) is 1.69. The van der Waals surface area contributed by atoms with Gasteiger partial charge in [0.1, 0.15) is 4.21 Å². The maximum absolute atomic E-state index is 12.8. The van der Waals surface area contributed by atoms with Crippen LogP contribution in [-0.2, 0) is 15.6 Å². The molecule has 1 saturated carbocycles. The van der Waals surface area contributed by atoms with E-state index in [2.05, 4.69) is 10.1 Å². The summed E-state index contributed by atoms with van der Waals surface area (Å²) in [5, 5.41) is 14.7. The molecule has 9 heteroatoms. The largest absolute Gasteiger partial charge is 0.379 e. The van der Waals surface area contributed by atoms with Crippen LogP contribution in [0.3, 0.4) is 0 Å². The Bertz CT molecular complexity index is 865. The molecule has 2 aliphatic rings. The number of sulfonamides is 1. The SMILES string of the molecule is Cc1cc(S(=O)(=O)N2CCC(O)(c3nc(C4CC4)no3)C2)sc1C. The lowest BCUT2D eigenvalue weighted by Gasteiger charge is -2.19. The highest BCUT2D eigenvalue weighted by atomic mass is 32.2. The van der Waals surface area contributed by atoms with Crippen LogP contribution < -0.4 is 0 Å². The summed E-state index contributed by atoms with van der Waals surface area (Å²) in [5.41, 5.74) is -0.451. The van der Waals surface area contributed by atoms with E-state index >= 15 is 0 Å². The molecule has 2 aromatic heterocycles. The summed E-state index contributed by atoms with van der Waals surface area (Å²) in [6.45, 7) is 3.97. The maximum Gasteiger partial charge on any atom is 0.260 e. The van der Waals surface area contributed by atoms with Gasteiger partial charge in [0.25, 0.3) is 15.9 Å². The molecule has 130 valence electrons. The van der Waals surface area contributed by atoms with Gasteiger partial charge in [0, 0.05) is 23.8 Å². The van der Waals surface area contributed by atoms with Crippen LogP contribution in [0.1, 0.15) is 47.3 Å². The summed E-state index contributed by atoms with van der Waals surface area (Å²) in [5.74, 6) is 1.06. The van der Waals surface area contributed by atoms with Gasteiger partial charge in [-0.2, -0.15) is 9.29 Å². The topological polar surface area (TPSA) is 96.5 Å². The smallest absolute Gasteiger partial charge is 0.260 e. The van der Waals surface area contributed by atoms with E-state index in [0.717, 1.165) is 23.3 Å². The second-order valence-corrected chi connectivity index (χ2v) is 10.1. The summed E-state index contributed by atoms with van der Waals surface area (Å²) in [4.78, 5) is 5.27. The number of β-amino-alcohol motifs (C(OH)–C–C–N with tert-alkyl or cyclic N) is 1. The summed E-state index contributed by atoms with van der Waals surface area (Å²) >= 11 is 1.26. The Morgan fingerprint density at radius 3 is 2.79 bits per heavy atom. The van der Waals surface area contributed by atoms with Crippen LogP contribution in [0, 0.1) is 13.8 Å². The molecular formula is C15H19N3O4S2. The van der Waals surface area contributed by atoms with E-state index in [4.69, 9.17) is 4.52 Å². The van der Waals surface area contributed by atoms with Crippen molar-refractivity contribution >= 4 is 21.4 Å². The standard InChI is InChI=1S/C15H19N3O4S2/c1-9-7-12(23-10(9)2)24(20,21)18-6-5-15(19,8-18)14-16-13(17-22-14)11-3-4-11/h7,11,19H,3-6,8H2,1-2H3. The normalized spacial score (nSPS) is 25.5. The van der Waals surface area contributed by atoms with Crippen molar-refractivity contribution in [1.29, 1.82) is 0 Å². The van der Waals surface area contributed by atoms with Crippen molar-refractivity contribution in [3.05, 3.63) is 28.2 Å². The van der Waals surface area contributed by atoms with Crippen molar-refractivity contribution in [2.45, 2.75) is 48.8 Å². The molecule has 0 aromatic carbocycles. The molecule has 1 unspecified atom stereocenters. The van der Waals surface area contributed by atoms with E-state index in [1.54, 1.807) is 6.07 Å². The van der Waals surface area contributed by atoms with Crippen LogP contribution in [0.15, 0.2) is 14.8 Å². The molecule has 2 fully saturated rings. The number of aliphatic hydroxyl groups is 1. The van der Waals surface area contributed by atoms with Gasteiger partial charge in [-0.15, -0.1) is 11.3 Å². The van der Waals surface area contributed by atoms with Crippen LogP contribution in [0.4, 0.5) is 0 Å². The summed E-state index contributed by atoms with van der Waals surface area (Å²) in [6.07, 6.45) is 2.33. The zero-order valence-electron chi connectivity index (χ0n) is 13.5. The van der Waals surface area contributed by atoms with Crippen molar-refractivity contribution in [2.24, 2.45) is 0 Å². The van der Waals surface area contributed by atoms with E-state index < -0.39 is 15.6 Å². The Morgan fingerprint density at radius 1 is 1.42 bits per heavy atom. The zero-order chi connectivity index (χ0) is 17.1. The van der Waals surface area contributed by atoms with Crippen LogP contribution >= 0.6 is 11.3 Å². The third-order valence-corrected chi connectivity index (χ3v) is 8.18. The van der Waals surface area contributed by atoms with Crippen molar-refractivity contribution in [1.82, 2.24) is 14.4 Å². The highest BCUT2D eigenvalue weighted by Crippen LogP contribution is 2.40. The Balaban J connectivity index is 1.58. The molecule has 0 bridgehead atoms. The fourth-order valence-electron chi connectivity index (χ4n) is 2.86.